The number of hydrogen-bond acceptors (Lipinski definition) is 8. The molecule has 2 saturated heterocycles. The Morgan fingerprint density at radius 3 is 2.74 bits per heavy atom. The smallest absolute Gasteiger partial charge is 0.413 e. The van der Waals surface area contributed by atoms with E-state index in [2.05, 4.69) is 15.3 Å². The van der Waals surface area contributed by atoms with Gasteiger partial charge in [-0.2, -0.15) is 11.8 Å². The zero-order valence-electron chi connectivity index (χ0n) is 19.0. The molecule has 1 amide bonds. The zero-order chi connectivity index (χ0) is 22.6. The van der Waals surface area contributed by atoms with Crippen molar-refractivity contribution in [2.75, 3.05) is 17.3 Å². The maximum atomic E-state index is 12.2. The molecule has 0 aliphatic carbocycles. The molecule has 2 aliphatic rings. The quantitative estimate of drug-likeness (QED) is 0.748. The van der Waals surface area contributed by atoms with Crippen molar-refractivity contribution >= 4 is 34.7 Å². The Labute approximate surface area is 186 Å². The zero-order valence-corrected chi connectivity index (χ0v) is 19.8. The Bertz CT molecular complexity index is 988. The number of carbonyl (C=O) groups excluding carboxylic acids is 1. The largest absolute Gasteiger partial charge is 0.444 e. The summed E-state index contributed by atoms with van der Waals surface area (Å²) < 4.78 is 26.3. The Morgan fingerprint density at radius 1 is 1.32 bits per heavy atom. The number of ether oxygens (including phenoxy) is 4. The summed E-state index contributed by atoms with van der Waals surface area (Å²) in [7, 11) is 0. The predicted molar refractivity (Wildman–Crippen MR) is 118 cm³/mol. The highest BCUT2D eigenvalue weighted by molar-refractivity contribution is 7.98. The number of hydrogen-bond donors (Lipinski definition) is 1. The molecule has 9 nitrogen and oxygen atoms in total. The third-order valence-electron chi connectivity index (χ3n) is 5.36. The molecule has 31 heavy (non-hydrogen) atoms. The molecule has 0 radical (unpaired) electrons. The predicted octanol–water partition coefficient (Wildman–Crippen LogP) is 3.95. The van der Waals surface area contributed by atoms with Gasteiger partial charge in [-0.3, -0.25) is 5.32 Å². The highest BCUT2D eigenvalue weighted by atomic mass is 32.2. The van der Waals surface area contributed by atoms with Gasteiger partial charge in [-0.15, -0.1) is 0 Å². The van der Waals surface area contributed by atoms with Gasteiger partial charge in [0.15, 0.2) is 12.0 Å². The lowest BCUT2D eigenvalue weighted by Crippen LogP contribution is -2.44. The summed E-state index contributed by atoms with van der Waals surface area (Å²) in [5.74, 6) is 0.450. The lowest BCUT2D eigenvalue weighted by molar-refractivity contribution is -0.207. The monoisotopic (exact) mass is 450 g/mol. The van der Waals surface area contributed by atoms with Crippen LogP contribution in [0.15, 0.2) is 18.6 Å². The van der Waals surface area contributed by atoms with Gasteiger partial charge in [-0.25, -0.2) is 14.8 Å². The molecule has 0 aromatic carbocycles. The van der Waals surface area contributed by atoms with Crippen LogP contribution in [0.4, 0.5) is 10.6 Å². The summed E-state index contributed by atoms with van der Waals surface area (Å²) in [5, 5.41) is 3.40. The Hall–Kier alpha value is -1.88. The van der Waals surface area contributed by atoms with Crippen molar-refractivity contribution in [3.63, 3.8) is 0 Å². The molecule has 0 unspecified atom stereocenters. The number of thioether (sulfide) groups is 1. The summed E-state index contributed by atoms with van der Waals surface area (Å²) in [6.07, 6.45) is 3.88. The summed E-state index contributed by atoms with van der Waals surface area (Å²) in [6.45, 7) is 11.3. The molecule has 2 fully saturated rings. The third-order valence-corrected chi connectivity index (χ3v) is 6.00. The van der Waals surface area contributed by atoms with Gasteiger partial charge < -0.3 is 23.5 Å². The van der Waals surface area contributed by atoms with Crippen LogP contribution in [0, 0.1) is 0 Å². The van der Waals surface area contributed by atoms with Gasteiger partial charge in [-0.1, -0.05) is 0 Å². The van der Waals surface area contributed by atoms with E-state index in [-0.39, 0.29) is 12.2 Å². The fourth-order valence-corrected chi connectivity index (χ4v) is 4.96. The molecule has 170 valence electrons. The second-order valence-corrected chi connectivity index (χ2v) is 10.4. The number of amides is 1. The number of fused-ring (bicyclic) bond motifs is 2. The second kappa shape index (κ2) is 7.61. The minimum absolute atomic E-state index is 0.141. The van der Waals surface area contributed by atoms with Gasteiger partial charge in [0.1, 0.15) is 41.2 Å². The molecule has 10 heteroatoms. The number of aromatic nitrogens is 3. The Balaban J connectivity index is 1.67. The maximum Gasteiger partial charge on any atom is 0.413 e. The second-order valence-electron chi connectivity index (χ2n) is 9.50. The van der Waals surface area contributed by atoms with Crippen molar-refractivity contribution in [3.05, 3.63) is 18.6 Å². The van der Waals surface area contributed by atoms with Gasteiger partial charge >= 0.3 is 6.09 Å². The van der Waals surface area contributed by atoms with E-state index < -0.39 is 29.3 Å². The van der Waals surface area contributed by atoms with Crippen LogP contribution in [-0.2, 0) is 18.9 Å². The fraction of sp³-hybridized carbons (Fsp3) is 0.667. The molecule has 4 atom stereocenters. The lowest BCUT2D eigenvalue weighted by Gasteiger charge is -2.28. The Kier molecular flexibility index (Phi) is 5.48. The summed E-state index contributed by atoms with van der Waals surface area (Å²) in [4.78, 5) is 20.9. The van der Waals surface area contributed by atoms with Gasteiger partial charge in [0.2, 0.25) is 0 Å². The average molecular weight is 451 g/mol. The van der Waals surface area contributed by atoms with E-state index in [1.807, 2.05) is 64.6 Å². The van der Waals surface area contributed by atoms with Crippen LogP contribution in [-0.4, -0.2) is 61.8 Å². The molecular formula is C21H30N4O5S. The molecule has 2 aliphatic heterocycles. The van der Waals surface area contributed by atoms with Crippen LogP contribution in [0.1, 0.15) is 47.8 Å². The normalized spacial score (nSPS) is 29.8. The SMILES string of the molecule is CSC[C@H]1O[C@@H](n2ccc3c(NC(=O)OC(C)(C)C)ncnc32)[C@@H]2OC(C)(C)O[C@]12C. The molecule has 4 rings (SSSR count). The number of nitrogens with zero attached hydrogens (tertiary/aromatic N) is 3. The van der Waals surface area contributed by atoms with Crippen LogP contribution >= 0.6 is 11.8 Å². The average Bonchev–Trinajstić information content (AvgIpc) is 3.23. The van der Waals surface area contributed by atoms with Gasteiger partial charge in [0, 0.05) is 11.9 Å². The van der Waals surface area contributed by atoms with Crippen molar-refractivity contribution in [2.45, 2.75) is 77.0 Å². The van der Waals surface area contributed by atoms with Crippen molar-refractivity contribution in [2.24, 2.45) is 0 Å². The highest BCUT2D eigenvalue weighted by Crippen LogP contribution is 2.51. The highest BCUT2D eigenvalue weighted by Gasteiger charge is 2.63. The summed E-state index contributed by atoms with van der Waals surface area (Å²) >= 11 is 1.71. The van der Waals surface area contributed by atoms with Gasteiger partial charge in [-0.05, 0) is 53.9 Å². The van der Waals surface area contributed by atoms with Crippen molar-refractivity contribution in [1.29, 1.82) is 0 Å². The first-order chi connectivity index (χ1) is 14.4. The van der Waals surface area contributed by atoms with Crippen LogP contribution in [0.25, 0.3) is 11.0 Å². The maximum absolute atomic E-state index is 12.2. The van der Waals surface area contributed by atoms with E-state index >= 15 is 0 Å². The molecule has 2 aromatic rings. The number of anilines is 1. The number of nitrogens with one attached hydrogen (secondary N) is 1. The topological polar surface area (TPSA) is 96.7 Å². The minimum atomic E-state index is -0.709. The van der Waals surface area contributed by atoms with Gasteiger partial charge in [0.25, 0.3) is 0 Å². The molecule has 0 spiro atoms. The molecule has 2 aromatic heterocycles. The fourth-order valence-electron chi connectivity index (χ4n) is 4.24. The standard InChI is InChI=1S/C21H30N4O5S/c1-19(2,3)29-18(26)24-15-12-8-9-25(16(12)23-11-22-15)17-14-21(6,13(27-17)10-31-7)30-20(4,5)28-14/h8-9,11,13-14,17H,10H2,1-7H3,(H,22,23,24,26)/t13-,14+,17-,21-/m1/s1. The van der Waals surface area contributed by atoms with Crippen LogP contribution in [0.5, 0.6) is 0 Å². The van der Waals surface area contributed by atoms with Crippen molar-refractivity contribution in [3.8, 4) is 0 Å². The molecule has 0 bridgehead atoms. The molecule has 1 N–H and O–H groups in total. The van der Waals surface area contributed by atoms with E-state index in [1.54, 1.807) is 11.8 Å². The van der Waals surface area contributed by atoms with Crippen LogP contribution < -0.4 is 5.32 Å². The summed E-state index contributed by atoms with van der Waals surface area (Å²) in [6, 6.07) is 1.85. The van der Waals surface area contributed by atoms with E-state index in [1.165, 1.54) is 6.33 Å². The van der Waals surface area contributed by atoms with Gasteiger partial charge in [0.05, 0.1) is 5.39 Å². The van der Waals surface area contributed by atoms with E-state index in [4.69, 9.17) is 18.9 Å². The summed E-state index contributed by atoms with van der Waals surface area (Å²) in [5.41, 5.74) is -0.562. The number of carbonyl (C=O) groups is 1. The number of rotatable bonds is 4. The van der Waals surface area contributed by atoms with E-state index in [0.29, 0.717) is 16.9 Å². The lowest BCUT2D eigenvalue weighted by atomic mass is 9.95. The molecular weight excluding hydrogens is 420 g/mol. The van der Waals surface area contributed by atoms with Crippen LogP contribution in [0.3, 0.4) is 0 Å². The first-order valence-electron chi connectivity index (χ1n) is 10.3. The minimum Gasteiger partial charge on any atom is -0.444 e. The van der Waals surface area contributed by atoms with E-state index in [0.717, 1.165) is 5.75 Å². The van der Waals surface area contributed by atoms with Crippen molar-refractivity contribution in [1.82, 2.24) is 14.5 Å². The van der Waals surface area contributed by atoms with E-state index in [9.17, 15) is 4.79 Å². The first-order valence-corrected chi connectivity index (χ1v) is 11.7. The Morgan fingerprint density at radius 2 is 2.06 bits per heavy atom. The third kappa shape index (κ3) is 4.13. The molecule has 0 saturated carbocycles. The molecule has 4 heterocycles. The van der Waals surface area contributed by atoms with Crippen LogP contribution in [0.2, 0.25) is 0 Å². The first kappa shape index (κ1) is 22.3. The van der Waals surface area contributed by atoms with Crippen molar-refractivity contribution < 1.29 is 23.7 Å².